The molecule has 4 heteroatoms. The summed E-state index contributed by atoms with van der Waals surface area (Å²) < 4.78 is 0. The van der Waals surface area contributed by atoms with Crippen LogP contribution in [-0.4, -0.2) is 18.4 Å². The number of nitrogens with zero attached hydrogens (tertiary/aromatic N) is 1. The summed E-state index contributed by atoms with van der Waals surface area (Å²) in [5, 5.41) is 0. The number of aryl methyl sites for hydroxylation is 2. The van der Waals surface area contributed by atoms with Gasteiger partial charge in [-0.3, -0.25) is 9.59 Å². The van der Waals surface area contributed by atoms with Crippen molar-refractivity contribution in [3.63, 3.8) is 0 Å². The summed E-state index contributed by atoms with van der Waals surface area (Å²) in [6.45, 7) is 4.86. The lowest BCUT2D eigenvalue weighted by molar-refractivity contribution is 0.0979. The second-order valence-electron chi connectivity index (χ2n) is 6.08. The predicted octanol–water partition coefficient (Wildman–Crippen LogP) is 3.00. The highest BCUT2D eigenvalue weighted by Crippen LogP contribution is 2.32. The molecule has 2 N–H and O–H groups in total. The predicted molar refractivity (Wildman–Crippen MR) is 90.9 cm³/mol. The Bertz CT molecular complexity index is 779. The first-order valence-corrected chi connectivity index (χ1v) is 7.79. The summed E-state index contributed by atoms with van der Waals surface area (Å²) in [7, 11) is 0. The Morgan fingerprint density at radius 3 is 2.35 bits per heavy atom. The van der Waals surface area contributed by atoms with E-state index in [2.05, 4.69) is 19.1 Å². The van der Waals surface area contributed by atoms with Crippen LogP contribution in [0, 0.1) is 13.8 Å². The maximum absolute atomic E-state index is 12.9. The summed E-state index contributed by atoms with van der Waals surface area (Å²) in [5.74, 6) is -0.523. The lowest BCUT2D eigenvalue weighted by Gasteiger charge is -2.31. The van der Waals surface area contributed by atoms with Gasteiger partial charge in [0.1, 0.15) is 0 Å². The first-order chi connectivity index (χ1) is 11.0. The standard InChI is InChI=1S/C19H20N2O2/c1-12-10-13(2)16-4-3-9-21(17(16)11-12)19(23)15-7-5-14(6-8-15)18(20)22/h5-8,10-11H,3-4,9H2,1-2H3,(H2,20,22). The number of carbonyl (C=O) groups is 2. The smallest absolute Gasteiger partial charge is 0.258 e. The molecule has 0 aromatic heterocycles. The van der Waals surface area contributed by atoms with E-state index >= 15 is 0 Å². The first-order valence-electron chi connectivity index (χ1n) is 7.79. The molecule has 23 heavy (non-hydrogen) atoms. The molecule has 0 aliphatic carbocycles. The van der Waals surface area contributed by atoms with Gasteiger partial charge in [0, 0.05) is 23.4 Å². The molecule has 1 aliphatic heterocycles. The number of amides is 2. The second kappa shape index (κ2) is 5.88. The summed E-state index contributed by atoms with van der Waals surface area (Å²) in [4.78, 5) is 25.9. The van der Waals surface area contributed by atoms with Gasteiger partial charge in [0.2, 0.25) is 5.91 Å². The fraction of sp³-hybridized carbons (Fsp3) is 0.263. The largest absolute Gasteiger partial charge is 0.366 e. The summed E-state index contributed by atoms with van der Waals surface area (Å²) in [6.07, 6.45) is 1.97. The van der Waals surface area contributed by atoms with E-state index in [1.807, 2.05) is 11.8 Å². The highest BCUT2D eigenvalue weighted by Gasteiger charge is 2.24. The van der Waals surface area contributed by atoms with E-state index in [9.17, 15) is 9.59 Å². The molecule has 2 aromatic carbocycles. The molecule has 118 valence electrons. The van der Waals surface area contributed by atoms with Crippen molar-refractivity contribution in [2.75, 3.05) is 11.4 Å². The molecule has 2 amide bonds. The highest BCUT2D eigenvalue weighted by atomic mass is 16.2. The first kappa shape index (κ1) is 15.3. The van der Waals surface area contributed by atoms with Gasteiger partial charge in [0.25, 0.3) is 5.91 Å². The molecule has 0 saturated heterocycles. The second-order valence-corrected chi connectivity index (χ2v) is 6.08. The van der Waals surface area contributed by atoms with Crippen LogP contribution in [0.25, 0.3) is 0 Å². The van der Waals surface area contributed by atoms with Crippen molar-refractivity contribution in [3.05, 3.63) is 64.2 Å². The Kier molecular flexibility index (Phi) is 3.90. The number of nitrogens with two attached hydrogens (primary N) is 1. The summed E-state index contributed by atoms with van der Waals surface area (Å²) in [5.41, 5.74) is 10.9. The summed E-state index contributed by atoms with van der Waals surface area (Å²) in [6, 6.07) is 10.8. The van der Waals surface area contributed by atoms with Gasteiger partial charge in [-0.2, -0.15) is 0 Å². The van der Waals surface area contributed by atoms with Crippen LogP contribution < -0.4 is 10.6 Å². The van der Waals surface area contributed by atoms with Crippen LogP contribution >= 0.6 is 0 Å². The maximum Gasteiger partial charge on any atom is 0.258 e. The zero-order valence-corrected chi connectivity index (χ0v) is 13.4. The van der Waals surface area contributed by atoms with Crippen molar-refractivity contribution in [2.45, 2.75) is 26.7 Å². The van der Waals surface area contributed by atoms with Crippen molar-refractivity contribution in [1.29, 1.82) is 0 Å². The average Bonchev–Trinajstić information content (AvgIpc) is 2.53. The van der Waals surface area contributed by atoms with E-state index in [0.717, 1.165) is 24.1 Å². The third kappa shape index (κ3) is 2.84. The minimum atomic E-state index is -0.487. The third-order valence-corrected chi connectivity index (χ3v) is 4.35. The molecular formula is C19H20N2O2. The fourth-order valence-corrected chi connectivity index (χ4v) is 3.22. The average molecular weight is 308 g/mol. The summed E-state index contributed by atoms with van der Waals surface area (Å²) >= 11 is 0. The third-order valence-electron chi connectivity index (χ3n) is 4.35. The van der Waals surface area contributed by atoms with Crippen LogP contribution in [0.3, 0.4) is 0 Å². The van der Waals surface area contributed by atoms with Gasteiger partial charge >= 0.3 is 0 Å². The van der Waals surface area contributed by atoms with Crippen LogP contribution in [0.4, 0.5) is 5.69 Å². The van der Waals surface area contributed by atoms with E-state index in [0.29, 0.717) is 17.7 Å². The molecule has 3 rings (SSSR count). The lowest BCUT2D eigenvalue weighted by Crippen LogP contribution is -2.35. The Hall–Kier alpha value is -2.62. The number of primary amides is 1. The molecule has 1 heterocycles. The van der Waals surface area contributed by atoms with Crippen molar-refractivity contribution in [1.82, 2.24) is 0 Å². The lowest BCUT2D eigenvalue weighted by atomic mass is 9.94. The van der Waals surface area contributed by atoms with Crippen molar-refractivity contribution in [2.24, 2.45) is 5.73 Å². The molecule has 0 radical (unpaired) electrons. The van der Waals surface area contributed by atoms with Gasteiger partial charge < -0.3 is 10.6 Å². The van der Waals surface area contributed by atoms with Gasteiger partial charge in [0.05, 0.1) is 0 Å². The monoisotopic (exact) mass is 308 g/mol. The number of rotatable bonds is 2. The number of hydrogen-bond donors (Lipinski definition) is 1. The number of fused-ring (bicyclic) bond motifs is 1. The molecule has 4 nitrogen and oxygen atoms in total. The van der Waals surface area contributed by atoms with Crippen molar-refractivity contribution in [3.8, 4) is 0 Å². The van der Waals surface area contributed by atoms with Crippen molar-refractivity contribution >= 4 is 17.5 Å². The van der Waals surface area contributed by atoms with E-state index < -0.39 is 5.91 Å². The van der Waals surface area contributed by atoms with Gasteiger partial charge in [-0.05, 0) is 73.7 Å². The minimum Gasteiger partial charge on any atom is -0.366 e. The fourth-order valence-electron chi connectivity index (χ4n) is 3.22. The number of benzene rings is 2. The van der Waals surface area contributed by atoms with E-state index in [-0.39, 0.29) is 5.91 Å². The quantitative estimate of drug-likeness (QED) is 0.927. The van der Waals surface area contributed by atoms with Crippen LogP contribution in [0.1, 0.15) is 43.8 Å². The highest BCUT2D eigenvalue weighted by molar-refractivity contribution is 6.07. The molecule has 0 saturated carbocycles. The Labute approximate surface area is 135 Å². The van der Waals surface area contributed by atoms with Gasteiger partial charge in [-0.25, -0.2) is 0 Å². The van der Waals surface area contributed by atoms with Crippen molar-refractivity contribution < 1.29 is 9.59 Å². The number of carbonyl (C=O) groups excluding carboxylic acids is 2. The van der Waals surface area contributed by atoms with E-state index in [1.165, 1.54) is 11.1 Å². The van der Waals surface area contributed by atoms with Crippen LogP contribution in [0.2, 0.25) is 0 Å². The SMILES string of the molecule is Cc1cc(C)c2c(c1)N(C(=O)c1ccc(C(N)=O)cc1)CCC2. The van der Waals surface area contributed by atoms with E-state index in [1.54, 1.807) is 24.3 Å². The normalized spacial score (nSPS) is 13.6. The molecule has 2 aromatic rings. The molecule has 1 aliphatic rings. The van der Waals surface area contributed by atoms with Gasteiger partial charge in [-0.15, -0.1) is 0 Å². The maximum atomic E-state index is 12.9. The Morgan fingerprint density at radius 2 is 1.70 bits per heavy atom. The number of hydrogen-bond acceptors (Lipinski definition) is 2. The molecular weight excluding hydrogens is 288 g/mol. The molecule has 0 spiro atoms. The molecule has 0 atom stereocenters. The van der Waals surface area contributed by atoms with Gasteiger partial charge in [0.15, 0.2) is 0 Å². The van der Waals surface area contributed by atoms with Crippen LogP contribution in [0.5, 0.6) is 0 Å². The van der Waals surface area contributed by atoms with Crippen LogP contribution in [-0.2, 0) is 6.42 Å². The van der Waals surface area contributed by atoms with E-state index in [4.69, 9.17) is 5.73 Å². The Morgan fingerprint density at radius 1 is 1.04 bits per heavy atom. The number of anilines is 1. The van der Waals surface area contributed by atoms with Gasteiger partial charge in [-0.1, -0.05) is 6.07 Å². The zero-order chi connectivity index (χ0) is 16.6. The Balaban J connectivity index is 1.97. The molecule has 0 fully saturated rings. The zero-order valence-electron chi connectivity index (χ0n) is 13.4. The van der Waals surface area contributed by atoms with Crippen LogP contribution in [0.15, 0.2) is 36.4 Å². The molecule has 0 bridgehead atoms. The minimum absolute atomic E-state index is 0.0352. The molecule has 0 unspecified atom stereocenters. The topological polar surface area (TPSA) is 63.4 Å².